The molecule has 0 unspecified atom stereocenters. The van der Waals surface area contributed by atoms with Crippen molar-refractivity contribution in [1.82, 2.24) is 9.97 Å². The highest BCUT2D eigenvalue weighted by atomic mass is 32.2. The smallest absolute Gasteiger partial charge is 0.227 e. The highest BCUT2D eigenvalue weighted by Gasteiger charge is 2.16. The van der Waals surface area contributed by atoms with Gasteiger partial charge in [-0.25, -0.2) is 18.4 Å². The van der Waals surface area contributed by atoms with Crippen LogP contribution >= 0.6 is 22.7 Å². The number of thiazole rings is 2. The summed E-state index contributed by atoms with van der Waals surface area (Å²) in [5, 5.41) is 4.18. The number of aromatic nitrogens is 2. The van der Waals surface area contributed by atoms with Crippen LogP contribution in [0, 0.1) is 6.92 Å². The Labute approximate surface area is 170 Å². The maximum Gasteiger partial charge on any atom is 0.227 e. The predicted molar refractivity (Wildman–Crippen MR) is 115 cm³/mol. The van der Waals surface area contributed by atoms with Crippen molar-refractivity contribution in [3.63, 3.8) is 0 Å². The first-order valence-electron chi connectivity index (χ1n) is 8.60. The number of amides is 1. The molecule has 4 rings (SSSR count). The van der Waals surface area contributed by atoms with Crippen LogP contribution in [0.25, 0.3) is 20.4 Å². The van der Waals surface area contributed by atoms with Gasteiger partial charge in [0.2, 0.25) is 5.91 Å². The summed E-state index contributed by atoms with van der Waals surface area (Å²) in [6.45, 7) is 1.95. The van der Waals surface area contributed by atoms with Gasteiger partial charge in [-0.2, -0.15) is 0 Å². The first-order chi connectivity index (χ1) is 13.4. The zero-order chi connectivity index (χ0) is 19.7. The van der Waals surface area contributed by atoms with E-state index in [1.165, 1.54) is 11.3 Å². The predicted octanol–water partition coefficient (Wildman–Crippen LogP) is 4.16. The fraction of sp³-hybridized carbons (Fsp3) is 0.211. The van der Waals surface area contributed by atoms with Gasteiger partial charge in [-0.3, -0.25) is 4.79 Å². The zero-order valence-corrected chi connectivity index (χ0v) is 17.5. The van der Waals surface area contributed by atoms with Gasteiger partial charge in [0.1, 0.15) is 0 Å². The van der Waals surface area contributed by atoms with Crippen molar-refractivity contribution >= 4 is 64.0 Å². The van der Waals surface area contributed by atoms with E-state index in [2.05, 4.69) is 15.3 Å². The average Bonchev–Trinajstić information content (AvgIpc) is 3.22. The van der Waals surface area contributed by atoms with E-state index in [9.17, 15) is 13.2 Å². The summed E-state index contributed by atoms with van der Waals surface area (Å²) < 4.78 is 26.5. The van der Waals surface area contributed by atoms with Crippen LogP contribution in [0.1, 0.15) is 17.0 Å². The Hall–Kier alpha value is -2.36. The number of nitrogens with one attached hydrogen (secondary N) is 1. The summed E-state index contributed by atoms with van der Waals surface area (Å²) in [6.07, 6.45) is -0.0971. The summed E-state index contributed by atoms with van der Waals surface area (Å²) in [4.78, 5) is 21.1. The van der Waals surface area contributed by atoms with E-state index < -0.39 is 9.84 Å². The number of hydrogen-bond acceptors (Lipinski definition) is 7. The molecule has 2 aromatic heterocycles. The van der Waals surface area contributed by atoms with Crippen molar-refractivity contribution in [2.24, 2.45) is 0 Å². The van der Waals surface area contributed by atoms with Crippen molar-refractivity contribution < 1.29 is 13.2 Å². The molecular weight excluding hydrogens is 414 g/mol. The molecule has 28 heavy (non-hydrogen) atoms. The number of benzene rings is 2. The molecule has 0 aliphatic carbocycles. The Morgan fingerprint density at radius 1 is 1.00 bits per heavy atom. The van der Waals surface area contributed by atoms with Crippen LogP contribution in [-0.4, -0.2) is 30.0 Å². The third-order valence-electron chi connectivity index (χ3n) is 4.13. The molecule has 0 spiro atoms. The standard InChI is InChI=1S/C19H17N3O3S3/c1-12-20-14-7-8-15-18(17(14)26-12)27-19(21-15)22-16(23)9-10-28(24,25)11-13-5-3-2-4-6-13/h2-8H,9-11H2,1H3,(H,21,22,23). The van der Waals surface area contributed by atoms with Gasteiger partial charge in [0, 0.05) is 6.42 Å². The summed E-state index contributed by atoms with van der Waals surface area (Å²) in [7, 11) is -3.36. The van der Waals surface area contributed by atoms with E-state index in [-0.39, 0.29) is 23.8 Å². The van der Waals surface area contributed by atoms with Crippen LogP contribution in [0.2, 0.25) is 0 Å². The molecular formula is C19H17N3O3S3. The largest absolute Gasteiger partial charge is 0.302 e. The minimum atomic E-state index is -3.36. The molecule has 9 heteroatoms. The van der Waals surface area contributed by atoms with Crippen LogP contribution in [0.5, 0.6) is 0 Å². The summed E-state index contributed by atoms with van der Waals surface area (Å²) in [5.74, 6) is -0.616. The highest BCUT2D eigenvalue weighted by molar-refractivity contribution is 7.90. The minimum Gasteiger partial charge on any atom is -0.302 e. The maximum atomic E-state index is 12.2. The Bertz CT molecular complexity index is 1260. The zero-order valence-electron chi connectivity index (χ0n) is 15.0. The third-order valence-corrected chi connectivity index (χ3v) is 7.87. The minimum absolute atomic E-state index is 0.0645. The Kier molecular flexibility index (Phi) is 5.13. The second-order valence-corrected chi connectivity index (χ2v) is 10.8. The first-order valence-corrected chi connectivity index (χ1v) is 12.1. The number of fused-ring (bicyclic) bond motifs is 3. The Morgan fingerprint density at radius 3 is 2.43 bits per heavy atom. The third kappa shape index (κ3) is 4.21. The lowest BCUT2D eigenvalue weighted by molar-refractivity contribution is -0.115. The van der Waals surface area contributed by atoms with Gasteiger partial charge in [-0.1, -0.05) is 41.7 Å². The lowest BCUT2D eigenvalue weighted by Gasteiger charge is -2.04. The van der Waals surface area contributed by atoms with Gasteiger partial charge >= 0.3 is 0 Å². The molecule has 0 radical (unpaired) electrons. The molecule has 144 valence electrons. The fourth-order valence-corrected chi connectivity index (χ4v) is 6.23. The SMILES string of the molecule is Cc1nc2ccc3nc(NC(=O)CCS(=O)(=O)Cc4ccccc4)sc3c2s1. The van der Waals surface area contributed by atoms with E-state index in [1.54, 1.807) is 35.6 Å². The quantitative estimate of drug-likeness (QED) is 0.495. The fourth-order valence-electron chi connectivity index (χ4n) is 2.87. The van der Waals surface area contributed by atoms with Crippen LogP contribution in [0.4, 0.5) is 5.13 Å². The molecule has 6 nitrogen and oxygen atoms in total. The van der Waals surface area contributed by atoms with Crippen molar-refractivity contribution in [1.29, 1.82) is 0 Å². The first kappa shape index (κ1) is 19.0. The molecule has 2 aromatic carbocycles. The molecule has 0 atom stereocenters. The van der Waals surface area contributed by atoms with Gasteiger partial charge in [0.05, 0.1) is 36.9 Å². The van der Waals surface area contributed by atoms with Gasteiger partial charge in [-0.15, -0.1) is 11.3 Å². The molecule has 0 fully saturated rings. The molecule has 2 heterocycles. The number of carbonyl (C=O) groups excluding carboxylic acids is 1. The van der Waals surface area contributed by atoms with Gasteiger partial charge in [-0.05, 0) is 24.6 Å². The van der Waals surface area contributed by atoms with Crippen LogP contribution in [0.3, 0.4) is 0 Å². The molecule has 0 saturated carbocycles. The number of sulfone groups is 1. The summed E-state index contributed by atoms with van der Waals surface area (Å²) in [5.41, 5.74) is 2.44. The van der Waals surface area contributed by atoms with Crippen LogP contribution in [0.15, 0.2) is 42.5 Å². The molecule has 1 N–H and O–H groups in total. The number of anilines is 1. The molecule has 0 aliphatic rings. The molecule has 0 bridgehead atoms. The number of aryl methyl sites for hydroxylation is 1. The van der Waals surface area contributed by atoms with Crippen molar-refractivity contribution in [2.45, 2.75) is 19.1 Å². The highest BCUT2D eigenvalue weighted by Crippen LogP contribution is 2.35. The Balaban J connectivity index is 1.43. The van der Waals surface area contributed by atoms with Crippen LogP contribution < -0.4 is 5.32 Å². The van der Waals surface area contributed by atoms with E-state index >= 15 is 0 Å². The van der Waals surface area contributed by atoms with E-state index in [4.69, 9.17) is 0 Å². The number of carbonyl (C=O) groups is 1. The second kappa shape index (κ2) is 7.57. The summed E-state index contributed by atoms with van der Waals surface area (Å²) >= 11 is 2.98. The molecule has 1 amide bonds. The lowest BCUT2D eigenvalue weighted by Crippen LogP contribution is -2.18. The normalized spacial score (nSPS) is 11.9. The van der Waals surface area contributed by atoms with E-state index in [1.807, 2.05) is 25.1 Å². The molecule has 0 aliphatic heterocycles. The monoisotopic (exact) mass is 431 g/mol. The molecule has 0 saturated heterocycles. The lowest BCUT2D eigenvalue weighted by atomic mass is 10.2. The van der Waals surface area contributed by atoms with E-state index in [0.29, 0.717) is 5.13 Å². The number of rotatable bonds is 6. The van der Waals surface area contributed by atoms with Crippen LogP contribution in [-0.2, 0) is 20.4 Å². The summed E-state index contributed by atoms with van der Waals surface area (Å²) in [6, 6.07) is 12.8. The average molecular weight is 432 g/mol. The van der Waals surface area contributed by atoms with Crippen molar-refractivity contribution in [3.05, 3.63) is 53.0 Å². The topological polar surface area (TPSA) is 89.0 Å². The maximum absolute atomic E-state index is 12.2. The van der Waals surface area contributed by atoms with Crippen molar-refractivity contribution in [3.8, 4) is 0 Å². The van der Waals surface area contributed by atoms with Crippen molar-refractivity contribution in [2.75, 3.05) is 11.1 Å². The van der Waals surface area contributed by atoms with E-state index in [0.717, 1.165) is 31.0 Å². The number of nitrogens with zero attached hydrogens (tertiary/aromatic N) is 2. The van der Waals surface area contributed by atoms with Gasteiger partial charge < -0.3 is 5.32 Å². The second-order valence-electron chi connectivity index (χ2n) is 6.39. The molecule has 4 aromatic rings. The van der Waals surface area contributed by atoms with Gasteiger partial charge in [0.15, 0.2) is 15.0 Å². The Morgan fingerprint density at radius 2 is 1.68 bits per heavy atom. The van der Waals surface area contributed by atoms with Gasteiger partial charge in [0.25, 0.3) is 0 Å². The number of hydrogen-bond donors (Lipinski definition) is 1.